The van der Waals surface area contributed by atoms with E-state index in [0.29, 0.717) is 12.3 Å². The first-order valence-electron chi connectivity index (χ1n) is 4.33. The van der Waals surface area contributed by atoms with Gasteiger partial charge in [-0.3, -0.25) is 4.68 Å². The van der Waals surface area contributed by atoms with Crippen LogP contribution in [-0.2, 0) is 16.6 Å². The normalized spacial score (nSPS) is 9.07. The van der Waals surface area contributed by atoms with Crippen molar-refractivity contribution in [3.8, 4) is 11.8 Å². The number of esters is 1. The zero-order valence-corrected chi connectivity index (χ0v) is 8.50. The average molecular weight is 192 g/mol. The van der Waals surface area contributed by atoms with Crippen LogP contribution in [0.5, 0.6) is 0 Å². The molecule has 74 valence electrons. The van der Waals surface area contributed by atoms with Crippen molar-refractivity contribution < 1.29 is 9.53 Å². The first kappa shape index (κ1) is 10.3. The van der Waals surface area contributed by atoms with Crippen LogP contribution < -0.4 is 0 Å². The van der Waals surface area contributed by atoms with Gasteiger partial charge < -0.3 is 4.74 Å². The van der Waals surface area contributed by atoms with Gasteiger partial charge in [-0.25, -0.2) is 4.79 Å². The van der Waals surface area contributed by atoms with Crippen molar-refractivity contribution in [3.63, 3.8) is 0 Å². The average Bonchev–Trinajstić information content (AvgIpc) is 2.44. The van der Waals surface area contributed by atoms with Gasteiger partial charge in [-0.15, -0.1) is 0 Å². The van der Waals surface area contributed by atoms with Crippen molar-refractivity contribution in [1.82, 2.24) is 9.78 Å². The Morgan fingerprint density at radius 3 is 2.93 bits per heavy atom. The van der Waals surface area contributed by atoms with E-state index in [9.17, 15) is 4.79 Å². The molecule has 0 aliphatic heterocycles. The number of carbonyl (C=O) groups excluding carboxylic acids is 1. The van der Waals surface area contributed by atoms with Crippen LogP contribution in [0.3, 0.4) is 0 Å². The molecule has 0 spiro atoms. The molecular weight excluding hydrogens is 180 g/mol. The van der Waals surface area contributed by atoms with E-state index in [1.54, 1.807) is 11.6 Å². The Hall–Kier alpha value is -1.76. The molecule has 0 unspecified atom stereocenters. The molecule has 0 N–H and O–H groups in total. The lowest BCUT2D eigenvalue weighted by Gasteiger charge is -1.90. The van der Waals surface area contributed by atoms with E-state index in [0.717, 1.165) is 5.69 Å². The number of ether oxygens (including phenoxy) is 1. The van der Waals surface area contributed by atoms with Gasteiger partial charge in [0, 0.05) is 18.7 Å². The Labute approximate surface area is 82.9 Å². The molecule has 0 bridgehead atoms. The fourth-order valence-electron chi connectivity index (χ4n) is 0.904. The number of nitrogens with zero attached hydrogens (tertiary/aromatic N) is 2. The van der Waals surface area contributed by atoms with E-state index < -0.39 is 5.97 Å². The Morgan fingerprint density at radius 2 is 2.43 bits per heavy atom. The summed E-state index contributed by atoms with van der Waals surface area (Å²) in [6, 6.07) is 1.81. The largest absolute Gasteiger partial charge is 0.456 e. The molecule has 4 nitrogen and oxygen atoms in total. The Kier molecular flexibility index (Phi) is 3.29. The predicted molar refractivity (Wildman–Crippen MR) is 51.5 cm³/mol. The number of aryl methyl sites for hydroxylation is 2. The van der Waals surface area contributed by atoms with Crippen molar-refractivity contribution in [2.24, 2.45) is 7.05 Å². The fourth-order valence-corrected chi connectivity index (χ4v) is 0.904. The number of rotatable bonds is 1. The smallest absolute Gasteiger partial charge is 0.384 e. The van der Waals surface area contributed by atoms with E-state index in [-0.39, 0.29) is 0 Å². The first-order chi connectivity index (χ1) is 6.63. The summed E-state index contributed by atoms with van der Waals surface area (Å²) in [5.74, 6) is 4.47. The Morgan fingerprint density at radius 1 is 1.71 bits per heavy atom. The van der Waals surface area contributed by atoms with Crippen LogP contribution in [0.2, 0.25) is 0 Å². The van der Waals surface area contributed by atoms with Crippen molar-refractivity contribution >= 4 is 5.97 Å². The van der Waals surface area contributed by atoms with E-state index in [1.165, 1.54) is 0 Å². The van der Waals surface area contributed by atoms with Gasteiger partial charge in [0.25, 0.3) is 0 Å². The Balaban J connectivity index is 2.72. The summed E-state index contributed by atoms with van der Waals surface area (Å²) in [7, 11) is 1.82. The molecular formula is C10H12N2O2. The molecule has 0 radical (unpaired) electrons. The molecule has 4 heteroatoms. The van der Waals surface area contributed by atoms with Crippen LogP contribution in [0.15, 0.2) is 6.07 Å². The number of hydrogen-bond donors (Lipinski definition) is 0. The number of hydrogen-bond acceptors (Lipinski definition) is 3. The minimum atomic E-state index is -0.518. The molecule has 0 aromatic carbocycles. The van der Waals surface area contributed by atoms with Gasteiger partial charge in [0.15, 0.2) is 0 Å². The fraction of sp³-hybridized carbons (Fsp3) is 0.400. The quantitative estimate of drug-likeness (QED) is 0.484. The topological polar surface area (TPSA) is 44.1 Å². The summed E-state index contributed by atoms with van der Waals surface area (Å²) in [6.45, 7) is 4.00. The number of carbonyl (C=O) groups is 1. The minimum Gasteiger partial charge on any atom is -0.456 e. The van der Waals surface area contributed by atoms with Crippen molar-refractivity contribution in [3.05, 3.63) is 17.5 Å². The van der Waals surface area contributed by atoms with Gasteiger partial charge in [0.05, 0.1) is 6.61 Å². The molecule has 1 aromatic heterocycles. The van der Waals surface area contributed by atoms with E-state index >= 15 is 0 Å². The summed E-state index contributed by atoms with van der Waals surface area (Å²) in [5.41, 5.74) is 1.58. The van der Waals surface area contributed by atoms with Crippen molar-refractivity contribution in [2.75, 3.05) is 6.61 Å². The second kappa shape index (κ2) is 4.47. The highest BCUT2D eigenvalue weighted by Crippen LogP contribution is 1.98. The summed E-state index contributed by atoms with van der Waals surface area (Å²) in [5, 5.41) is 4.08. The van der Waals surface area contributed by atoms with E-state index in [2.05, 4.69) is 21.7 Å². The highest BCUT2D eigenvalue weighted by atomic mass is 16.5. The maximum atomic E-state index is 10.9. The zero-order valence-electron chi connectivity index (χ0n) is 8.50. The Bertz CT molecular complexity index is 376. The summed E-state index contributed by atoms with van der Waals surface area (Å²) >= 11 is 0. The predicted octanol–water partition coefficient (Wildman–Crippen LogP) is 0.643. The van der Waals surface area contributed by atoms with Gasteiger partial charge in [0.2, 0.25) is 0 Å². The van der Waals surface area contributed by atoms with Crippen LogP contribution in [0.25, 0.3) is 0 Å². The molecule has 0 saturated carbocycles. The van der Waals surface area contributed by atoms with Crippen LogP contribution in [0.4, 0.5) is 0 Å². The molecule has 0 saturated heterocycles. The number of aromatic nitrogens is 2. The SMILES string of the molecule is CCOC(=O)C#Cc1cc(C)n(C)n1. The van der Waals surface area contributed by atoms with Crippen molar-refractivity contribution in [2.45, 2.75) is 13.8 Å². The van der Waals surface area contributed by atoms with Crippen LogP contribution in [0, 0.1) is 18.8 Å². The molecule has 0 amide bonds. The second-order valence-corrected chi connectivity index (χ2v) is 2.77. The lowest BCUT2D eigenvalue weighted by molar-refractivity contribution is -0.136. The minimum absolute atomic E-state index is 0.342. The molecule has 0 atom stereocenters. The third-order valence-electron chi connectivity index (χ3n) is 1.68. The van der Waals surface area contributed by atoms with Gasteiger partial charge >= 0.3 is 5.97 Å². The zero-order chi connectivity index (χ0) is 10.6. The molecule has 14 heavy (non-hydrogen) atoms. The molecule has 0 fully saturated rings. The van der Waals surface area contributed by atoms with E-state index in [4.69, 9.17) is 0 Å². The summed E-state index contributed by atoms with van der Waals surface area (Å²) < 4.78 is 6.36. The first-order valence-corrected chi connectivity index (χ1v) is 4.33. The lowest BCUT2D eigenvalue weighted by atomic mass is 10.4. The molecule has 0 aliphatic carbocycles. The van der Waals surface area contributed by atoms with Gasteiger partial charge in [-0.05, 0) is 25.8 Å². The third kappa shape index (κ3) is 2.63. The summed E-state index contributed by atoms with van der Waals surface area (Å²) in [6.07, 6.45) is 0. The maximum Gasteiger partial charge on any atom is 0.384 e. The lowest BCUT2D eigenvalue weighted by Crippen LogP contribution is -1.99. The summed E-state index contributed by atoms with van der Waals surface area (Å²) in [4.78, 5) is 10.9. The van der Waals surface area contributed by atoms with Gasteiger partial charge in [-0.2, -0.15) is 5.10 Å². The molecule has 1 rings (SSSR count). The molecule has 1 heterocycles. The van der Waals surface area contributed by atoms with E-state index in [1.807, 2.05) is 20.0 Å². The van der Waals surface area contributed by atoms with Crippen LogP contribution >= 0.6 is 0 Å². The molecule has 1 aromatic rings. The van der Waals surface area contributed by atoms with Gasteiger partial charge in [0.1, 0.15) is 5.69 Å². The maximum absolute atomic E-state index is 10.9. The van der Waals surface area contributed by atoms with Gasteiger partial charge in [-0.1, -0.05) is 0 Å². The third-order valence-corrected chi connectivity index (χ3v) is 1.68. The van der Waals surface area contributed by atoms with Crippen molar-refractivity contribution in [1.29, 1.82) is 0 Å². The monoisotopic (exact) mass is 192 g/mol. The standard InChI is InChI=1S/C10H12N2O2/c1-4-14-10(13)6-5-9-7-8(2)12(3)11-9/h7H,4H2,1-3H3. The van der Waals surface area contributed by atoms with Crippen LogP contribution in [0.1, 0.15) is 18.3 Å². The highest BCUT2D eigenvalue weighted by molar-refractivity contribution is 5.88. The molecule has 0 aliphatic rings. The second-order valence-electron chi connectivity index (χ2n) is 2.77. The van der Waals surface area contributed by atoms with Crippen LogP contribution in [-0.4, -0.2) is 22.4 Å². The highest BCUT2D eigenvalue weighted by Gasteiger charge is 1.98.